The van der Waals surface area contributed by atoms with E-state index < -0.39 is 12.9 Å². The number of nitrogens with zero attached hydrogens (tertiary/aromatic N) is 1. The van der Waals surface area contributed by atoms with Crippen LogP contribution < -0.4 is 0 Å². The van der Waals surface area contributed by atoms with Gasteiger partial charge < -0.3 is 20.1 Å². The number of hydrogen-bond acceptors (Lipinski definition) is 5. The van der Waals surface area contributed by atoms with Crippen molar-refractivity contribution in [3.63, 3.8) is 0 Å². The predicted octanol–water partition coefficient (Wildman–Crippen LogP) is -1.16. The Labute approximate surface area is 65.5 Å². The van der Waals surface area contributed by atoms with E-state index >= 15 is 0 Å². The summed E-state index contributed by atoms with van der Waals surface area (Å²) in [4.78, 5) is 0. The second-order valence-corrected chi connectivity index (χ2v) is 1.42. The van der Waals surface area contributed by atoms with Crippen molar-refractivity contribution < 1.29 is 20.1 Å². The third kappa shape index (κ3) is 12.5. The number of aliphatic hydroxyl groups is 3. The highest BCUT2D eigenvalue weighted by Gasteiger charge is 1.98. The molecule has 0 rings (SSSR count). The van der Waals surface area contributed by atoms with Crippen LogP contribution in [0.15, 0.2) is 0 Å². The second kappa shape index (κ2) is 12.0. The van der Waals surface area contributed by atoms with Gasteiger partial charge in [-0.3, -0.25) is 0 Å². The Hall–Kier alpha value is -0.670. The van der Waals surface area contributed by atoms with E-state index in [4.69, 9.17) is 20.6 Å². The van der Waals surface area contributed by atoms with Gasteiger partial charge in [-0.25, -0.2) is 0 Å². The van der Waals surface area contributed by atoms with Crippen molar-refractivity contribution in [2.24, 2.45) is 0 Å². The highest BCUT2D eigenvalue weighted by atomic mass is 16.6. The fourth-order valence-corrected chi connectivity index (χ4v) is 0.293. The predicted molar refractivity (Wildman–Crippen MR) is 37.4 cm³/mol. The quantitative estimate of drug-likeness (QED) is 0.359. The molecule has 0 aromatic heterocycles. The van der Waals surface area contributed by atoms with E-state index in [-0.39, 0.29) is 13.0 Å². The number of hydrogen-bond donors (Lipinski definition) is 3. The summed E-state index contributed by atoms with van der Waals surface area (Å²) in [5.41, 5.74) is 0. The van der Waals surface area contributed by atoms with Crippen molar-refractivity contribution in [1.82, 2.24) is 0 Å². The lowest BCUT2D eigenvalue weighted by molar-refractivity contribution is -0.122. The summed E-state index contributed by atoms with van der Waals surface area (Å²) < 4.78 is 4.51. The molecule has 0 saturated heterocycles. The first-order valence-corrected chi connectivity index (χ1v) is 3.03. The Bertz CT molecular complexity index is 101. The summed E-state index contributed by atoms with van der Waals surface area (Å²) in [5.74, 6) is 0. The summed E-state index contributed by atoms with van der Waals surface area (Å²) >= 11 is 0. The van der Waals surface area contributed by atoms with E-state index in [0.717, 1.165) is 7.11 Å². The molecule has 0 amide bonds. The SMILES string of the molecule is CO.N#CCCOC(O)CO. The van der Waals surface area contributed by atoms with E-state index in [0.29, 0.717) is 0 Å². The van der Waals surface area contributed by atoms with Crippen LogP contribution in [0.4, 0.5) is 0 Å². The van der Waals surface area contributed by atoms with Crippen LogP contribution in [-0.2, 0) is 4.74 Å². The lowest BCUT2D eigenvalue weighted by atomic mass is 10.5. The fraction of sp³-hybridized carbons (Fsp3) is 0.833. The molecule has 3 N–H and O–H groups in total. The van der Waals surface area contributed by atoms with Gasteiger partial charge in [0.2, 0.25) is 0 Å². The molecule has 5 nitrogen and oxygen atoms in total. The standard InChI is InChI=1S/C5H9NO3.CH4O/c6-2-1-3-9-5(8)4-7;1-2/h5,7-8H,1,3-4H2;2H,1H3. The highest BCUT2D eigenvalue weighted by molar-refractivity contribution is 4.67. The smallest absolute Gasteiger partial charge is 0.177 e. The lowest BCUT2D eigenvalue weighted by Crippen LogP contribution is -2.16. The molecule has 0 saturated carbocycles. The summed E-state index contributed by atoms with van der Waals surface area (Å²) in [7, 11) is 1.00. The van der Waals surface area contributed by atoms with Crippen molar-refractivity contribution in [3.05, 3.63) is 0 Å². The van der Waals surface area contributed by atoms with Crippen molar-refractivity contribution in [2.45, 2.75) is 12.7 Å². The maximum atomic E-state index is 8.50. The molecule has 1 atom stereocenters. The number of rotatable bonds is 4. The monoisotopic (exact) mass is 163 g/mol. The molecule has 0 aliphatic heterocycles. The summed E-state index contributed by atoms with van der Waals surface area (Å²) in [5, 5.41) is 31.7. The van der Waals surface area contributed by atoms with E-state index in [1.54, 1.807) is 0 Å². The van der Waals surface area contributed by atoms with Crippen molar-refractivity contribution in [3.8, 4) is 6.07 Å². The molecule has 0 aliphatic rings. The third-order valence-electron chi connectivity index (χ3n) is 0.680. The minimum Gasteiger partial charge on any atom is -0.400 e. The fourth-order valence-electron chi connectivity index (χ4n) is 0.293. The molecule has 0 aromatic carbocycles. The van der Waals surface area contributed by atoms with Gasteiger partial charge in [0, 0.05) is 7.11 Å². The van der Waals surface area contributed by atoms with E-state index in [1.165, 1.54) is 0 Å². The van der Waals surface area contributed by atoms with Crippen LogP contribution in [0.3, 0.4) is 0 Å². The van der Waals surface area contributed by atoms with Crippen molar-refractivity contribution >= 4 is 0 Å². The van der Waals surface area contributed by atoms with Gasteiger partial charge in [-0.05, 0) is 0 Å². The molecule has 0 heterocycles. The Morgan fingerprint density at radius 3 is 2.45 bits per heavy atom. The Morgan fingerprint density at radius 2 is 2.09 bits per heavy atom. The van der Waals surface area contributed by atoms with Crippen LogP contribution in [0.5, 0.6) is 0 Å². The Morgan fingerprint density at radius 1 is 1.55 bits per heavy atom. The zero-order valence-electron chi connectivity index (χ0n) is 6.40. The van der Waals surface area contributed by atoms with Crippen LogP contribution in [0, 0.1) is 11.3 Å². The van der Waals surface area contributed by atoms with Gasteiger partial charge in [-0.2, -0.15) is 5.26 Å². The first kappa shape index (κ1) is 13.0. The van der Waals surface area contributed by atoms with Crippen LogP contribution >= 0.6 is 0 Å². The van der Waals surface area contributed by atoms with Crippen molar-refractivity contribution in [1.29, 1.82) is 5.26 Å². The van der Waals surface area contributed by atoms with Gasteiger partial charge in [0.1, 0.15) is 0 Å². The topological polar surface area (TPSA) is 93.7 Å². The molecular formula is C6H13NO4. The average Bonchev–Trinajstić information content (AvgIpc) is 2.08. The summed E-state index contributed by atoms with van der Waals surface area (Å²) in [6.07, 6.45) is -0.907. The molecule has 0 spiro atoms. The minimum absolute atomic E-state index is 0.165. The van der Waals surface area contributed by atoms with Gasteiger partial charge in [-0.1, -0.05) is 0 Å². The lowest BCUT2D eigenvalue weighted by Gasteiger charge is -2.05. The molecular weight excluding hydrogens is 150 g/mol. The minimum atomic E-state index is -1.14. The van der Waals surface area contributed by atoms with Gasteiger partial charge in [0.15, 0.2) is 6.29 Å². The molecule has 0 aliphatic carbocycles. The maximum Gasteiger partial charge on any atom is 0.177 e. The molecule has 5 heteroatoms. The zero-order valence-corrected chi connectivity index (χ0v) is 6.40. The van der Waals surface area contributed by atoms with Crippen LogP contribution in [0.1, 0.15) is 6.42 Å². The zero-order chi connectivity index (χ0) is 9.11. The summed E-state index contributed by atoms with van der Waals surface area (Å²) in [6.45, 7) is -0.260. The third-order valence-corrected chi connectivity index (χ3v) is 0.680. The highest BCUT2D eigenvalue weighted by Crippen LogP contribution is 1.85. The largest absolute Gasteiger partial charge is 0.400 e. The molecule has 0 bridgehead atoms. The maximum absolute atomic E-state index is 8.50. The van der Waals surface area contributed by atoms with E-state index in [1.807, 2.05) is 6.07 Å². The number of ether oxygens (including phenoxy) is 1. The van der Waals surface area contributed by atoms with Crippen LogP contribution in [-0.4, -0.2) is 41.9 Å². The molecule has 1 unspecified atom stereocenters. The number of nitriles is 1. The first-order chi connectivity index (χ1) is 5.31. The number of aliphatic hydroxyl groups excluding tert-OH is 3. The van der Waals surface area contributed by atoms with Gasteiger partial charge in [-0.15, -0.1) is 0 Å². The average molecular weight is 163 g/mol. The summed E-state index contributed by atoms with van der Waals surface area (Å²) in [6, 6.07) is 1.83. The molecule has 11 heavy (non-hydrogen) atoms. The van der Waals surface area contributed by atoms with E-state index in [9.17, 15) is 0 Å². The Kier molecular flexibility index (Phi) is 14.2. The first-order valence-electron chi connectivity index (χ1n) is 3.03. The normalized spacial score (nSPS) is 10.8. The van der Waals surface area contributed by atoms with Crippen LogP contribution in [0.25, 0.3) is 0 Å². The van der Waals surface area contributed by atoms with Gasteiger partial charge in [0.25, 0.3) is 0 Å². The van der Waals surface area contributed by atoms with E-state index in [2.05, 4.69) is 4.74 Å². The van der Waals surface area contributed by atoms with Crippen LogP contribution in [0.2, 0.25) is 0 Å². The second-order valence-electron chi connectivity index (χ2n) is 1.42. The molecule has 0 fully saturated rings. The van der Waals surface area contributed by atoms with Crippen molar-refractivity contribution in [2.75, 3.05) is 20.3 Å². The van der Waals surface area contributed by atoms with Gasteiger partial charge >= 0.3 is 0 Å². The Balaban J connectivity index is 0. The molecule has 66 valence electrons. The molecule has 0 radical (unpaired) electrons. The molecule has 0 aromatic rings. The van der Waals surface area contributed by atoms with Gasteiger partial charge in [0.05, 0.1) is 25.7 Å².